The van der Waals surface area contributed by atoms with Crippen LogP contribution in [0, 0.1) is 0 Å². The first-order valence-corrected chi connectivity index (χ1v) is 20.6. The molecule has 2 saturated heterocycles. The summed E-state index contributed by atoms with van der Waals surface area (Å²) in [5, 5.41) is 15.1. The highest BCUT2D eigenvalue weighted by Crippen LogP contribution is 2.44. The first kappa shape index (κ1) is 36.1. The van der Waals surface area contributed by atoms with E-state index < -0.39 is 20.2 Å². The number of likely N-dealkylation sites (tertiary alicyclic amines) is 1. The highest BCUT2D eigenvalue weighted by Gasteiger charge is 2.29. The molecule has 0 bridgehead atoms. The highest BCUT2D eigenvalue weighted by molar-refractivity contribution is 7.86. The Hall–Kier alpha value is -3.69. The topological polar surface area (TPSA) is 168 Å². The van der Waals surface area contributed by atoms with Gasteiger partial charge in [-0.2, -0.15) is 16.8 Å². The highest BCUT2D eigenvalue weighted by atomic mass is 32.2. The average molecular weight is 727 g/mol. The van der Waals surface area contributed by atoms with Crippen molar-refractivity contribution in [3.05, 3.63) is 87.6 Å². The van der Waals surface area contributed by atoms with Crippen LogP contribution in [0.2, 0.25) is 0 Å². The summed E-state index contributed by atoms with van der Waals surface area (Å²) in [6.07, 6.45) is 8.72. The molecule has 2 fully saturated rings. The van der Waals surface area contributed by atoms with Crippen molar-refractivity contribution in [2.24, 2.45) is 0 Å². The van der Waals surface area contributed by atoms with Crippen LogP contribution in [-0.2, 0) is 26.7 Å². The van der Waals surface area contributed by atoms with Crippen molar-refractivity contribution in [1.82, 2.24) is 15.1 Å². The molecule has 0 unspecified atom stereocenters. The number of hydrogen-bond donors (Lipinski definition) is 4. The van der Waals surface area contributed by atoms with Crippen LogP contribution in [0.1, 0.15) is 65.6 Å². The Morgan fingerprint density at radius 1 is 0.800 bits per heavy atom. The number of anilines is 1. The lowest BCUT2D eigenvalue weighted by atomic mass is 9.82. The van der Waals surface area contributed by atoms with Gasteiger partial charge in [-0.1, -0.05) is 30.4 Å². The molecule has 0 spiro atoms. The van der Waals surface area contributed by atoms with E-state index in [1.807, 2.05) is 35.2 Å². The van der Waals surface area contributed by atoms with E-state index in [9.17, 15) is 35.8 Å². The summed E-state index contributed by atoms with van der Waals surface area (Å²) < 4.78 is 63.9. The van der Waals surface area contributed by atoms with E-state index in [0.717, 1.165) is 71.5 Å². The zero-order valence-electron chi connectivity index (χ0n) is 28.2. The molecule has 4 N–H and O–H groups in total. The molecular weight excluding hydrogens is 681 g/mol. The molecule has 4 aliphatic rings. The normalized spacial score (nSPS) is 19.4. The van der Waals surface area contributed by atoms with Crippen LogP contribution >= 0.6 is 0 Å². The molecule has 0 atom stereocenters. The number of rotatable bonds is 11. The van der Waals surface area contributed by atoms with Gasteiger partial charge in [0.15, 0.2) is 0 Å². The number of aryl methyl sites for hydroxylation is 1. The van der Waals surface area contributed by atoms with Gasteiger partial charge in [0.2, 0.25) is 0 Å². The Labute approximate surface area is 294 Å². The van der Waals surface area contributed by atoms with Crippen molar-refractivity contribution in [3.63, 3.8) is 0 Å². The van der Waals surface area contributed by atoms with E-state index >= 15 is 0 Å². The van der Waals surface area contributed by atoms with Crippen LogP contribution in [0.4, 0.5) is 5.69 Å². The van der Waals surface area contributed by atoms with Gasteiger partial charge in [-0.05, 0) is 84.9 Å². The number of hydrogen-bond acceptors (Lipinski definition) is 9. The summed E-state index contributed by atoms with van der Waals surface area (Å²) in [5.74, 6) is -0.636. The zero-order valence-corrected chi connectivity index (χ0v) is 29.8. The molecule has 2 aromatic rings. The third-order valence-electron chi connectivity index (χ3n) is 9.90. The van der Waals surface area contributed by atoms with Gasteiger partial charge in [0.05, 0.1) is 11.5 Å². The number of piperidine rings is 1. The number of benzene rings is 2. The van der Waals surface area contributed by atoms with Crippen LogP contribution in [0.15, 0.2) is 65.4 Å². The average Bonchev–Trinajstić information content (AvgIpc) is 3.08. The summed E-state index contributed by atoms with van der Waals surface area (Å²) in [6.45, 7) is 5.04. The molecule has 1 aliphatic carbocycles. The Bertz CT molecular complexity index is 1930. The lowest BCUT2D eigenvalue weighted by Gasteiger charge is -2.36. The number of fused-ring (bicyclic) bond motifs is 2. The van der Waals surface area contributed by atoms with Gasteiger partial charge in [0, 0.05) is 80.9 Å². The third-order valence-corrected chi connectivity index (χ3v) is 11.5. The lowest BCUT2D eigenvalue weighted by molar-refractivity contribution is 0.0735. The summed E-state index contributed by atoms with van der Waals surface area (Å²) in [5.41, 5.74) is 7.65. The van der Waals surface area contributed by atoms with Gasteiger partial charge in [0.1, 0.15) is 5.75 Å². The maximum absolute atomic E-state index is 14.1. The number of allylic oxidation sites excluding steroid dienone is 4. The van der Waals surface area contributed by atoms with E-state index in [4.69, 9.17) is 0 Å². The van der Waals surface area contributed by atoms with Crippen molar-refractivity contribution in [1.29, 1.82) is 0 Å². The molecule has 2 aromatic carbocycles. The fraction of sp³-hybridized carbons (Fsp3) is 0.472. The Morgan fingerprint density at radius 2 is 1.44 bits per heavy atom. The first-order valence-electron chi connectivity index (χ1n) is 17.4. The van der Waals surface area contributed by atoms with E-state index in [1.54, 1.807) is 6.07 Å². The minimum Gasteiger partial charge on any atom is -0.507 e. The smallest absolute Gasteiger partial charge is 0.264 e. The van der Waals surface area contributed by atoms with Crippen LogP contribution in [-0.4, -0.2) is 111 Å². The second-order valence-corrected chi connectivity index (χ2v) is 16.6. The number of piperazine rings is 1. The molecule has 270 valence electrons. The molecule has 0 radical (unpaired) electrons. The second kappa shape index (κ2) is 15.3. The molecule has 3 aliphatic heterocycles. The molecule has 0 saturated carbocycles. The lowest BCUT2D eigenvalue weighted by Crippen LogP contribution is -2.46. The first-order chi connectivity index (χ1) is 23.9. The van der Waals surface area contributed by atoms with Gasteiger partial charge in [-0.3, -0.25) is 13.9 Å². The zero-order chi connectivity index (χ0) is 35.5. The van der Waals surface area contributed by atoms with Gasteiger partial charge in [0.25, 0.3) is 26.1 Å². The molecule has 50 heavy (non-hydrogen) atoms. The van der Waals surface area contributed by atoms with Crippen molar-refractivity contribution < 1.29 is 35.8 Å². The van der Waals surface area contributed by atoms with Gasteiger partial charge >= 0.3 is 0 Å². The number of phenols is 1. The molecule has 12 nitrogen and oxygen atoms in total. The fourth-order valence-corrected chi connectivity index (χ4v) is 8.61. The van der Waals surface area contributed by atoms with E-state index in [2.05, 4.69) is 27.3 Å². The largest absolute Gasteiger partial charge is 0.507 e. The van der Waals surface area contributed by atoms with Crippen molar-refractivity contribution >= 4 is 37.4 Å². The number of aromatic hydroxyl groups is 1. The number of phenolic OH excluding ortho intramolecular Hbond substituents is 1. The molecule has 1 amide bonds. The maximum atomic E-state index is 14.1. The monoisotopic (exact) mass is 726 g/mol. The summed E-state index contributed by atoms with van der Waals surface area (Å²) >= 11 is 0. The molecule has 6 rings (SSSR count). The fourth-order valence-electron chi connectivity index (χ4n) is 7.62. The van der Waals surface area contributed by atoms with Crippen molar-refractivity contribution in [3.8, 4) is 5.75 Å². The number of nitrogens with zero attached hydrogens (tertiary/aromatic N) is 3. The Kier molecular flexibility index (Phi) is 11.0. The van der Waals surface area contributed by atoms with Gasteiger partial charge in [-0.15, -0.1) is 0 Å². The maximum Gasteiger partial charge on any atom is 0.264 e. The molecule has 0 aromatic heterocycles. The summed E-state index contributed by atoms with van der Waals surface area (Å²) in [6, 6.07) is 11.3. The SMILES string of the molecule is O=C(c1ccccc1/C(=C1\C=C2CCCN(CCCS(=O)(=O)O)C2=CC1)c1cc2c(cc1O)N(CCCS(=O)(=O)O)CCC2)N1CCNCC1. The van der Waals surface area contributed by atoms with E-state index in [0.29, 0.717) is 69.8 Å². The Balaban J connectivity index is 1.42. The minimum atomic E-state index is -4.08. The minimum absolute atomic E-state index is 0.0565. The van der Waals surface area contributed by atoms with Gasteiger partial charge < -0.3 is 25.1 Å². The third kappa shape index (κ3) is 8.60. The quantitative estimate of drug-likeness (QED) is 0.248. The number of carbonyl (C=O) groups excluding carboxylic acids is 1. The van der Waals surface area contributed by atoms with E-state index in [-0.39, 0.29) is 29.6 Å². The number of carbonyl (C=O) groups is 1. The molecular formula is C36H46N4O8S2. The number of amides is 1. The van der Waals surface area contributed by atoms with Crippen LogP contribution < -0.4 is 10.2 Å². The molecule has 14 heteroatoms. The van der Waals surface area contributed by atoms with Crippen molar-refractivity contribution in [2.75, 3.05) is 68.8 Å². The summed E-state index contributed by atoms with van der Waals surface area (Å²) in [7, 11) is -8.12. The molecule has 3 heterocycles. The summed E-state index contributed by atoms with van der Waals surface area (Å²) in [4.78, 5) is 20.1. The second-order valence-electron chi connectivity index (χ2n) is 13.4. The van der Waals surface area contributed by atoms with Gasteiger partial charge in [-0.25, -0.2) is 0 Å². The van der Waals surface area contributed by atoms with E-state index in [1.165, 1.54) is 0 Å². The van der Waals surface area contributed by atoms with Crippen molar-refractivity contribution in [2.45, 2.75) is 44.9 Å². The van der Waals surface area contributed by atoms with Crippen LogP contribution in [0.5, 0.6) is 5.75 Å². The van der Waals surface area contributed by atoms with Crippen LogP contribution in [0.25, 0.3) is 5.57 Å². The number of nitrogens with one attached hydrogen (secondary N) is 1. The van der Waals surface area contributed by atoms with Crippen LogP contribution in [0.3, 0.4) is 0 Å². The predicted molar refractivity (Wildman–Crippen MR) is 194 cm³/mol. The Morgan fingerprint density at radius 3 is 2.14 bits per heavy atom. The standard InChI is InChI=1S/C36H46N4O8S2/c41-34-25-33-27(8-4-16-39(33)18-6-22-50(46,47)48)24-31(34)35(29-9-1-2-10-30(29)36(42)40-19-13-37-14-20-40)28-11-12-32-26(23-28)7-3-15-38(32)17-5-21-49(43,44)45/h1-2,9-10,12,23-25,37,41H,3-8,11,13-22H2,(H,43,44,45)(H,46,47,48)/b35-28+. The predicted octanol–water partition coefficient (Wildman–Crippen LogP) is 3.86.